The normalized spacial score (nSPS) is 25.3. The minimum absolute atomic E-state index is 0.179. The van der Waals surface area contributed by atoms with Gasteiger partial charge in [-0.3, -0.25) is 9.59 Å². The highest BCUT2D eigenvalue weighted by atomic mass is 32.1. The topological polar surface area (TPSA) is 55.4 Å². The smallest absolute Gasteiger partial charge is 0.311 e. The van der Waals surface area contributed by atoms with E-state index < -0.39 is 0 Å². The van der Waals surface area contributed by atoms with Crippen LogP contribution in [0, 0.1) is 11.8 Å². The molecule has 116 valence electrons. The van der Waals surface area contributed by atoms with Crippen molar-refractivity contribution in [3.05, 3.63) is 22.4 Å². The van der Waals surface area contributed by atoms with Gasteiger partial charge in [0, 0.05) is 10.9 Å². The Kier molecular flexibility index (Phi) is 5.79. The molecule has 0 aliphatic heterocycles. The van der Waals surface area contributed by atoms with Gasteiger partial charge >= 0.3 is 5.97 Å². The standard InChI is InChI=1S/C16H23NO3S/c1-11-5-3-7-14(12(11)2)17-15(18)10-20-16(19)9-13-6-4-8-21-13/h4,6,8,11-12,14H,3,5,7,9-10H2,1-2H3,(H,17,18)/t11-,12+,14-/m0/s1. The fraction of sp³-hybridized carbons (Fsp3) is 0.625. The van der Waals surface area contributed by atoms with Crippen LogP contribution < -0.4 is 5.32 Å². The van der Waals surface area contributed by atoms with Crippen LogP contribution in [0.1, 0.15) is 38.0 Å². The summed E-state index contributed by atoms with van der Waals surface area (Å²) in [6, 6.07) is 3.99. The maximum absolute atomic E-state index is 11.9. The van der Waals surface area contributed by atoms with Crippen molar-refractivity contribution in [2.24, 2.45) is 11.8 Å². The molecule has 21 heavy (non-hydrogen) atoms. The largest absolute Gasteiger partial charge is 0.455 e. The minimum Gasteiger partial charge on any atom is -0.455 e. The molecule has 1 fully saturated rings. The van der Waals surface area contributed by atoms with Crippen LogP contribution in [0.25, 0.3) is 0 Å². The number of thiophene rings is 1. The van der Waals surface area contributed by atoms with Crippen LogP contribution in [0.3, 0.4) is 0 Å². The van der Waals surface area contributed by atoms with Crippen LogP contribution in [0.5, 0.6) is 0 Å². The van der Waals surface area contributed by atoms with Crippen molar-refractivity contribution < 1.29 is 14.3 Å². The Morgan fingerprint density at radius 2 is 2.19 bits per heavy atom. The number of hydrogen-bond acceptors (Lipinski definition) is 4. The highest BCUT2D eigenvalue weighted by Gasteiger charge is 2.28. The highest BCUT2D eigenvalue weighted by Crippen LogP contribution is 2.29. The highest BCUT2D eigenvalue weighted by molar-refractivity contribution is 7.10. The SMILES string of the molecule is C[C@H]1[C@@H](NC(=O)COC(=O)Cc2cccs2)CCC[C@@H]1C. The molecular formula is C16H23NO3S. The van der Waals surface area contributed by atoms with Crippen LogP contribution in [0.2, 0.25) is 0 Å². The van der Waals surface area contributed by atoms with Crippen molar-refractivity contribution in [2.75, 3.05) is 6.61 Å². The number of carbonyl (C=O) groups is 2. The Labute approximate surface area is 129 Å². The van der Waals surface area contributed by atoms with Crippen LogP contribution in [0.15, 0.2) is 17.5 Å². The Hall–Kier alpha value is -1.36. The van der Waals surface area contributed by atoms with Crippen LogP contribution in [-0.2, 0) is 20.7 Å². The number of amides is 1. The maximum atomic E-state index is 11.9. The van der Waals surface area contributed by atoms with E-state index in [1.54, 1.807) is 0 Å². The molecule has 0 spiro atoms. The Balaban J connectivity index is 1.70. The molecule has 0 aromatic carbocycles. The number of carbonyl (C=O) groups excluding carboxylic acids is 2. The predicted molar refractivity (Wildman–Crippen MR) is 83.1 cm³/mol. The van der Waals surface area contributed by atoms with E-state index in [9.17, 15) is 9.59 Å². The van der Waals surface area contributed by atoms with Gasteiger partial charge in [0.1, 0.15) is 0 Å². The Morgan fingerprint density at radius 3 is 2.90 bits per heavy atom. The summed E-state index contributed by atoms with van der Waals surface area (Å²) >= 11 is 1.51. The van der Waals surface area contributed by atoms with Gasteiger partial charge in [0.2, 0.25) is 0 Å². The van der Waals surface area contributed by atoms with E-state index in [0.29, 0.717) is 11.8 Å². The lowest BCUT2D eigenvalue weighted by Gasteiger charge is -2.34. The molecule has 4 nitrogen and oxygen atoms in total. The second kappa shape index (κ2) is 7.59. The lowest BCUT2D eigenvalue weighted by atomic mass is 9.78. The van der Waals surface area contributed by atoms with E-state index >= 15 is 0 Å². The summed E-state index contributed by atoms with van der Waals surface area (Å²) in [7, 11) is 0. The van der Waals surface area contributed by atoms with E-state index in [0.717, 1.165) is 17.7 Å². The van der Waals surface area contributed by atoms with Crippen molar-refractivity contribution in [1.29, 1.82) is 0 Å². The van der Waals surface area contributed by atoms with Gasteiger partial charge in [0.05, 0.1) is 6.42 Å². The maximum Gasteiger partial charge on any atom is 0.311 e. The van der Waals surface area contributed by atoms with Gasteiger partial charge in [-0.25, -0.2) is 0 Å². The van der Waals surface area contributed by atoms with Crippen molar-refractivity contribution >= 4 is 23.2 Å². The first-order valence-corrected chi connectivity index (χ1v) is 8.41. The van der Waals surface area contributed by atoms with Gasteiger partial charge in [0.15, 0.2) is 6.61 Å². The third-order valence-corrected chi connectivity index (χ3v) is 5.19. The van der Waals surface area contributed by atoms with E-state index in [4.69, 9.17) is 4.74 Å². The molecule has 1 heterocycles. The molecule has 5 heteroatoms. The Bertz CT molecular complexity index is 472. The van der Waals surface area contributed by atoms with E-state index in [2.05, 4.69) is 19.2 Å². The fourth-order valence-corrected chi connectivity index (χ4v) is 3.48. The summed E-state index contributed by atoms with van der Waals surface area (Å²) in [5.41, 5.74) is 0. The van der Waals surface area contributed by atoms with E-state index in [1.165, 1.54) is 17.8 Å². The van der Waals surface area contributed by atoms with E-state index in [-0.39, 0.29) is 30.9 Å². The first-order valence-electron chi connectivity index (χ1n) is 7.53. The average Bonchev–Trinajstić information content (AvgIpc) is 2.94. The molecule has 1 aromatic rings. The monoisotopic (exact) mass is 309 g/mol. The number of ether oxygens (including phenoxy) is 1. The molecular weight excluding hydrogens is 286 g/mol. The van der Waals surface area contributed by atoms with Gasteiger partial charge in [0.25, 0.3) is 5.91 Å². The number of esters is 1. The zero-order valence-electron chi connectivity index (χ0n) is 12.6. The van der Waals surface area contributed by atoms with Gasteiger partial charge in [-0.2, -0.15) is 0 Å². The first kappa shape index (κ1) is 16.0. The first-order chi connectivity index (χ1) is 10.1. The number of rotatable bonds is 5. The van der Waals surface area contributed by atoms with Gasteiger partial charge in [-0.05, 0) is 29.7 Å². The summed E-state index contributed by atoms with van der Waals surface area (Å²) in [6.45, 7) is 4.23. The minimum atomic E-state index is -0.349. The molecule has 0 bridgehead atoms. The lowest BCUT2D eigenvalue weighted by Crippen LogP contribution is -2.45. The molecule has 0 saturated heterocycles. The lowest BCUT2D eigenvalue weighted by molar-refractivity contribution is -0.148. The summed E-state index contributed by atoms with van der Waals surface area (Å²) < 4.78 is 5.04. The number of hydrogen-bond donors (Lipinski definition) is 1. The zero-order valence-corrected chi connectivity index (χ0v) is 13.4. The van der Waals surface area contributed by atoms with Crippen molar-refractivity contribution in [3.63, 3.8) is 0 Å². The second-order valence-electron chi connectivity index (χ2n) is 5.86. The molecule has 1 aliphatic carbocycles. The van der Waals surface area contributed by atoms with Crippen molar-refractivity contribution in [3.8, 4) is 0 Å². The van der Waals surface area contributed by atoms with Crippen LogP contribution in [-0.4, -0.2) is 24.5 Å². The summed E-state index contributed by atoms with van der Waals surface area (Å²) in [5.74, 6) is 0.563. The second-order valence-corrected chi connectivity index (χ2v) is 6.89. The van der Waals surface area contributed by atoms with Gasteiger partial charge < -0.3 is 10.1 Å². The van der Waals surface area contributed by atoms with Crippen molar-refractivity contribution in [1.82, 2.24) is 5.32 Å². The summed E-state index contributed by atoms with van der Waals surface area (Å²) in [6.07, 6.45) is 3.63. The fourth-order valence-electron chi connectivity index (χ4n) is 2.79. The molecule has 1 saturated carbocycles. The third-order valence-electron chi connectivity index (χ3n) is 4.32. The summed E-state index contributed by atoms with van der Waals surface area (Å²) in [4.78, 5) is 24.5. The molecule has 1 aliphatic rings. The summed E-state index contributed by atoms with van der Waals surface area (Å²) in [5, 5.41) is 4.92. The molecule has 2 rings (SSSR count). The number of nitrogens with one attached hydrogen (secondary N) is 1. The third kappa shape index (κ3) is 4.84. The van der Waals surface area contributed by atoms with Gasteiger partial charge in [-0.15, -0.1) is 11.3 Å². The molecule has 1 aromatic heterocycles. The van der Waals surface area contributed by atoms with Crippen molar-refractivity contribution in [2.45, 2.75) is 45.6 Å². The quantitative estimate of drug-likeness (QED) is 0.851. The Morgan fingerprint density at radius 1 is 1.38 bits per heavy atom. The molecule has 1 amide bonds. The molecule has 3 atom stereocenters. The van der Waals surface area contributed by atoms with Gasteiger partial charge in [-0.1, -0.05) is 32.8 Å². The average molecular weight is 309 g/mol. The predicted octanol–water partition coefficient (Wildman–Crippen LogP) is 2.77. The molecule has 0 radical (unpaired) electrons. The zero-order chi connectivity index (χ0) is 15.2. The van der Waals surface area contributed by atoms with E-state index in [1.807, 2.05) is 17.5 Å². The molecule has 0 unspecified atom stereocenters. The molecule has 1 N–H and O–H groups in total. The van der Waals surface area contributed by atoms with Crippen LogP contribution >= 0.6 is 11.3 Å². The van der Waals surface area contributed by atoms with Crippen LogP contribution in [0.4, 0.5) is 0 Å².